The number of rotatable bonds is 4. The summed E-state index contributed by atoms with van der Waals surface area (Å²) in [5.74, 6) is -2.01. The number of carbonyl (C=O) groups excluding carboxylic acids is 2. The molecule has 0 bridgehead atoms. The number of nitrogens with one attached hydrogen (secondary N) is 2. The molecule has 9 heteroatoms. The molecule has 2 aromatic rings. The predicted octanol–water partition coefficient (Wildman–Crippen LogP) is 0.631. The molecule has 2 N–H and O–H groups in total. The third-order valence-corrected chi connectivity index (χ3v) is 3.16. The predicted molar refractivity (Wildman–Crippen MR) is 75.9 cm³/mol. The molecule has 3 rings (SSSR count). The van der Waals surface area contributed by atoms with E-state index in [1.807, 2.05) is 0 Å². The van der Waals surface area contributed by atoms with Crippen molar-refractivity contribution in [2.24, 2.45) is 0 Å². The summed E-state index contributed by atoms with van der Waals surface area (Å²) in [7, 11) is 0. The summed E-state index contributed by atoms with van der Waals surface area (Å²) in [6.07, 6.45) is 1.79. The van der Waals surface area contributed by atoms with Gasteiger partial charge in [0.25, 0.3) is 0 Å². The highest BCUT2D eigenvalue weighted by Gasteiger charge is 2.24. The van der Waals surface area contributed by atoms with Gasteiger partial charge >= 0.3 is 11.8 Å². The summed E-state index contributed by atoms with van der Waals surface area (Å²) in [6, 6.07) is 4.70. The zero-order valence-corrected chi connectivity index (χ0v) is 11.9. The molecule has 0 saturated heterocycles. The second-order valence-electron chi connectivity index (χ2n) is 5.13. The van der Waals surface area contributed by atoms with E-state index in [-0.39, 0.29) is 11.9 Å². The Kier molecular flexibility index (Phi) is 3.92. The van der Waals surface area contributed by atoms with Crippen molar-refractivity contribution in [1.29, 1.82) is 0 Å². The van der Waals surface area contributed by atoms with Crippen molar-refractivity contribution in [2.75, 3.05) is 0 Å². The normalized spacial score (nSPS) is 13.6. The van der Waals surface area contributed by atoms with E-state index in [0.717, 1.165) is 17.5 Å². The Labute approximate surface area is 129 Å². The second kappa shape index (κ2) is 6.03. The minimum atomic E-state index is -0.845. The van der Waals surface area contributed by atoms with E-state index in [2.05, 4.69) is 15.7 Å². The topological polar surface area (TPSA) is 106 Å². The van der Waals surface area contributed by atoms with Crippen LogP contribution in [0, 0.1) is 5.82 Å². The van der Waals surface area contributed by atoms with Crippen LogP contribution in [0.1, 0.15) is 12.8 Å². The molecule has 1 aromatic carbocycles. The maximum Gasteiger partial charge on any atom is 0.437 e. The minimum absolute atomic E-state index is 0.0368. The molecule has 0 spiro atoms. The number of urea groups is 1. The molecular weight excluding hydrogens is 307 g/mol. The average molecular weight is 320 g/mol. The SMILES string of the molecule is O=C(Cn1nc(-c2ccc(F)cc2)oc1=O)NC(=O)NC1CC1. The van der Waals surface area contributed by atoms with Crippen LogP contribution in [0.2, 0.25) is 0 Å². The monoisotopic (exact) mass is 320 g/mol. The summed E-state index contributed by atoms with van der Waals surface area (Å²) in [6.45, 7) is -0.457. The molecule has 0 unspecified atom stereocenters. The highest BCUT2D eigenvalue weighted by atomic mass is 19.1. The van der Waals surface area contributed by atoms with E-state index in [9.17, 15) is 18.8 Å². The van der Waals surface area contributed by atoms with Crippen LogP contribution < -0.4 is 16.4 Å². The zero-order valence-electron chi connectivity index (χ0n) is 11.9. The molecule has 8 nitrogen and oxygen atoms in total. The highest BCUT2D eigenvalue weighted by molar-refractivity contribution is 5.94. The first-order valence-corrected chi connectivity index (χ1v) is 6.95. The maximum atomic E-state index is 12.9. The van der Waals surface area contributed by atoms with Crippen molar-refractivity contribution in [3.8, 4) is 11.5 Å². The molecule has 1 saturated carbocycles. The Morgan fingerprint density at radius 3 is 2.65 bits per heavy atom. The van der Waals surface area contributed by atoms with Crippen molar-refractivity contribution in [2.45, 2.75) is 25.4 Å². The third kappa shape index (κ3) is 3.82. The Balaban J connectivity index is 1.66. The second-order valence-corrected chi connectivity index (χ2v) is 5.13. The van der Waals surface area contributed by atoms with Crippen LogP contribution in [0.3, 0.4) is 0 Å². The van der Waals surface area contributed by atoms with Gasteiger partial charge in [0.15, 0.2) is 0 Å². The molecular formula is C14H13FN4O4. The van der Waals surface area contributed by atoms with Crippen LogP contribution in [0.25, 0.3) is 11.5 Å². The van der Waals surface area contributed by atoms with Crippen LogP contribution in [-0.4, -0.2) is 27.8 Å². The van der Waals surface area contributed by atoms with Crippen molar-refractivity contribution >= 4 is 11.9 Å². The van der Waals surface area contributed by atoms with Gasteiger partial charge in [0.1, 0.15) is 12.4 Å². The smallest absolute Gasteiger partial charge is 0.388 e. The number of carbonyl (C=O) groups is 2. The van der Waals surface area contributed by atoms with Crippen LogP contribution in [0.5, 0.6) is 0 Å². The van der Waals surface area contributed by atoms with Gasteiger partial charge in [0.05, 0.1) is 0 Å². The van der Waals surface area contributed by atoms with Gasteiger partial charge in [-0.25, -0.2) is 14.0 Å². The average Bonchev–Trinajstić information content (AvgIpc) is 3.23. The number of aromatic nitrogens is 2. The van der Waals surface area contributed by atoms with Crippen molar-refractivity contribution < 1.29 is 18.4 Å². The van der Waals surface area contributed by atoms with E-state index in [0.29, 0.717) is 5.56 Å². The number of hydrogen-bond donors (Lipinski definition) is 2. The zero-order chi connectivity index (χ0) is 16.4. The van der Waals surface area contributed by atoms with Crippen molar-refractivity contribution in [1.82, 2.24) is 20.4 Å². The number of amides is 3. The van der Waals surface area contributed by atoms with Crippen LogP contribution in [0.15, 0.2) is 33.5 Å². The van der Waals surface area contributed by atoms with E-state index in [1.54, 1.807) is 0 Å². The molecule has 23 heavy (non-hydrogen) atoms. The van der Waals surface area contributed by atoms with Crippen molar-refractivity contribution in [3.05, 3.63) is 40.6 Å². The molecule has 0 aliphatic heterocycles. The summed E-state index contributed by atoms with van der Waals surface area (Å²) < 4.78 is 18.6. The van der Waals surface area contributed by atoms with Gasteiger partial charge in [-0.15, -0.1) is 5.10 Å². The fourth-order valence-electron chi connectivity index (χ4n) is 1.87. The summed E-state index contributed by atoms with van der Waals surface area (Å²) in [5, 5.41) is 8.54. The summed E-state index contributed by atoms with van der Waals surface area (Å²) in [4.78, 5) is 34.8. The van der Waals surface area contributed by atoms with E-state index in [4.69, 9.17) is 4.42 Å². The number of nitrogens with zero attached hydrogens (tertiary/aromatic N) is 2. The van der Waals surface area contributed by atoms with Gasteiger partial charge in [-0.1, -0.05) is 0 Å². The quantitative estimate of drug-likeness (QED) is 0.859. The van der Waals surface area contributed by atoms with Crippen molar-refractivity contribution in [3.63, 3.8) is 0 Å². The molecule has 1 aromatic heterocycles. The van der Waals surface area contributed by atoms with Gasteiger partial charge in [0, 0.05) is 11.6 Å². The first kappa shape index (κ1) is 14.9. The van der Waals surface area contributed by atoms with Gasteiger partial charge in [-0.05, 0) is 37.1 Å². The van der Waals surface area contributed by atoms with E-state index < -0.39 is 30.1 Å². The summed E-state index contributed by atoms with van der Waals surface area (Å²) in [5.41, 5.74) is 0.397. The van der Waals surface area contributed by atoms with E-state index >= 15 is 0 Å². The first-order valence-electron chi connectivity index (χ1n) is 6.95. The first-order chi connectivity index (χ1) is 11.0. The van der Waals surface area contributed by atoms with Crippen LogP contribution >= 0.6 is 0 Å². The number of hydrogen-bond acceptors (Lipinski definition) is 5. The summed E-state index contributed by atoms with van der Waals surface area (Å²) >= 11 is 0. The van der Waals surface area contributed by atoms with Crippen LogP contribution in [0.4, 0.5) is 9.18 Å². The van der Waals surface area contributed by atoms with E-state index in [1.165, 1.54) is 24.3 Å². The molecule has 1 heterocycles. The highest BCUT2D eigenvalue weighted by Crippen LogP contribution is 2.18. The Morgan fingerprint density at radius 1 is 1.30 bits per heavy atom. The molecule has 1 aliphatic rings. The minimum Gasteiger partial charge on any atom is -0.388 e. The lowest BCUT2D eigenvalue weighted by atomic mass is 10.2. The lowest BCUT2D eigenvalue weighted by Gasteiger charge is -2.04. The Bertz CT molecular complexity index is 792. The fourth-order valence-corrected chi connectivity index (χ4v) is 1.87. The number of halogens is 1. The molecule has 1 fully saturated rings. The van der Waals surface area contributed by atoms with Gasteiger partial charge in [-0.2, -0.15) is 4.68 Å². The third-order valence-electron chi connectivity index (χ3n) is 3.16. The molecule has 0 atom stereocenters. The molecule has 0 radical (unpaired) electrons. The lowest BCUT2D eigenvalue weighted by Crippen LogP contribution is -2.42. The van der Waals surface area contributed by atoms with Gasteiger partial charge in [0.2, 0.25) is 11.8 Å². The number of benzene rings is 1. The van der Waals surface area contributed by atoms with Crippen LogP contribution in [-0.2, 0) is 11.3 Å². The van der Waals surface area contributed by atoms with Gasteiger partial charge < -0.3 is 9.73 Å². The Hall–Kier alpha value is -2.97. The van der Waals surface area contributed by atoms with Gasteiger partial charge in [-0.3, -0.25) is 10.1 Å². The maximum absolute atomic E-state index is 12.9. The molecule has 120 valence electrons. The molecule has 3 amide bonds. The fraction of sp³-hybridized carbons (Fsp3) is 0.286. The largest absolute Gasteiger partial charge is 0.437 e. The lowest BCUT2D eigenvalue weighted by molar-refractivity contribution is -0.120. The Morgan fingerprint density at radius 2 is 2.00 bits per heavy atom. The standard InChI is InChI=1S/C14H13FN4O4/c15-9-3-1-8(2-4-9)12-18-19(14(22)23-12)7-11(20)17-13(21)16-10-5-6-10/h1-4,10H,5-7H2,(H2,16,17,20,21). The number of imide groups is 1. The molecule has 1 aliphatic carbocycles.